The Morgan fingerprint density at radius 2 is 2.16 bits per heavy atom. The molecule has 19 heavy (non-hydrogen) atoms. The van der Waals surface area contributed by atoms with Crippen LogP contribution < -0.4 is 11.1 Å². The number of amides is 1. The Morgan fingerprint density at radius 3 is 2.74 bits per heavy atom. The van der Waals surface area contributed by atoms with Gasteiger partial charge in [0.25, 0.3) is 5.91 Å². The first-order chi connectivity index (χ1) is 8.97. The summed E-state index contributed by atoms with van der Waals surface area (Å²) in [7, 11) is 0. The summed E-state index contributed by atoms with van der Waals surface area (Å²) in [6, 6.07) is 5.53. The second-order valence-electron chi connectivity index (χ2n) is 4.80. The van der Waals surface area contributed by atoms with Crippen molar-refractivity contribution in [2.24, 2.45) is 0 Å². The van der Waals surface area contributed by atoms with Gasteiger partial charge in [0, 0.05) is 17.9 Å². The smallest absolute Gasteiger partial charge is 0.272 e. The van der Waals surface area contributed by atoms with Gasteiger partial charge in [0.15, 0.2) is 0 Å². The maximum absolute atomic E-state index is 12.2. The standard InChI is InChI=1S/C14H18N4O/c1-9(2)18-8-11(15)6-13(18)14(19)17-12-5-4-10(3)16-7-12/h4-9H,15H2,1-3H3,(H,17,19). The Kier molecular flexibility index (Phi) is 3.55. The molecule has 0 bridgehead atoms. The molecule has 0 aliphatic heterocycles. The number of carbonyl (C=O) groups excluding carboxylic acids is 1. The molecule has 3 N–H and O–H groups in total. The average Bonchev–Trinajstić information content (AvgIpc) is 2.74. The largest absolute Gasteiger partial charge is 0.397 e. The molecule has 2 aromatic rings. The van der Waals surface area contributed by atoms with Crippen LogP contribution in [0.1, 0.15) is 36.1 Å². The number of nitrogens with two attached hydrogens (primary N) is 1. The Balaban J connectivity index is 2.22. The van der Waals surface area contributed by atoms with E-state index in [0.29, 0.717) is 17.1 Å². The molecule has 2 heterocycles. The number of pyridine rings is 1. The second-order valence-corrected chi connectivity index (χ2v) is 4.80. The molecule has 0 saturated heterocycles. The molecule has 0 atom stereocenters. The summed E-state index contributed by atoms with van der Waals surface area (Å²) in [5.74, 6) is -0.184. The minimum absolute atomic E-state index is 0.175. The molecule has 2 rings (SSSR count). The van der Waals surface area contributed by atoms with Crippen molar-refractivity contribution in [3.05, 3.63) is 42.0 Å². The fourth-order valence-electron chi connectivity index (χ4n) is 1.85. The number of aryl methyl sites for hydroxylation is 1. The lowest BCUT2D eigenvalue weighted by atomic mass is 10.3. The van der Waals surface area contributed by atoms with Gasteiger partial charge in [-0.2, -0.15) is 0 Å². The average molecular weight is 258 g/mol. The fourth-order valence-corrected chi connectivity index (χ4v) is 1.85. The van der Waals surface area contributed by atoms with Crippen LogP contribution in [0.5, 0.6) is 0 Å². The van der Waals surface area contributed by atoms with E-state index in [1.54, 1.807) is 18.5 Å². The summed E-state index contributed by atoms with van der Waals surface area (Å²) < 4.78 is 1.85. The van der Waals surface area contributed by atoms with Crippen LogP contribution in [0.25, 0.3) is 0 Å². The zero-order valence-electron chi connectivity index (χ0n) is 11.3. The Morgan fingerprint density at radius 1 is 1.42 bits per heavy atom. The highest BCUT2D eigenvalue weighted by Crippen LogP contribution is 2.18. The highest BCUT2D eigenvalue weighted by atomic mass is 16.1. The first-order valence-electron chi connectivity index (χ1n) is 6.18. The van der Waals surface area contributed by atoms with Crippen LogP contribution >= 0.6 is 0 Å². The van der Waals surface area contributed by atoms with Gasteiger partial charge >= 0.3 is 0 Å². The van der Waals surface area contributed by atoms with E-state index in [1.165, 1.54) is 0 Å². The Labute approximate surface area is 112 Å². The zero-order valence-corrected chi connectivity index (χ0v) is 11.3. The van der Waals surface area contributed by atoms with Crippen molar-refractivity contribution in [3.8, 4) is 0 Å². The minimum atomic E-state index is -0.184. The number of nitrogens with zero attached hydrogens (tertiary/aromatic N) is 2. The number of rotatable bonds is 3. The minimum Gasteiger partial charge on any atom is -0.397 e. The first-order valence-corrected chi connectivity index (χ1v) is 6.18. The van der Waals surface area contributed by atoms with Gasteiger partial charge in [0.1, 0.15) is 5.69 Å². The van der Waals surface area contributed by atoms with E-state index >= 15 is 0 Å². The molecule has 100 valence electrons. The van der Waals surface area contributed by atoms with Crippen LogP contribution in [0.2, 0.25) is 0 Å². The third kappa shape index (κ3) is 2.93. The maximum Gasteiger partial charge on any atom is 0.272 e. The predicted octanol–water partition coefficient (Wildman–Crippen LogP) is 2.61. The number of anilines is 2. The zero-order chi connectivity index (χ0) is 14.0. The van der Waals surface area contributed by atoms with Crippen LogP contribution in [-0.2, 0) is 0 Å². The number of aromatic nitrogens is 2. The van der Waals surface area contributed by atoms with Gasteiger partial charge < -0.3 is 15.6 Å². The lowest BCUT2D eigenvalue weighted by Gasteiger charge is -2.12. The molecular weight excluding hydrogens is 240 g/mol. The van der Waals surface area contributed by atoms with Crippen LogP contribution in [0.15, 0.2) is 30.6 Å². The van der Waals surface area contributed by atoms with Gasteiger partial charge in [-0.15, -0.1) is 0 Å². The summed E-state index contributed by atoms with van der Waals surface area (Å²) >= 11 is 0. The summed E-state index contributed by atoms with van der Waals surface area (Å²) in [5.41, 5.74) is 8.47. The molecule has 0 aromatic carbocycles. The van der Waals surface area contributed by atoms with Gasteiger partial charge in [-0.25, -0.2) is 0 Å². The van der Waals surface area contributed by atoms with Gasteiger partial charge in [-0.05, 0) is 39.0 Å². The molecule has 5 nitrogen and oxygen atoms in total. The summed E-state index contributed by atoms with van der Waals surface area (Å²) in [4.78, 5) is 16.4. The second kappa shape index (κ2) is 5.14. The van der Waals surface area contributed by atoms with E-state index in [1.807, 2.05) is 37.5 Å². The van der Waals surface area contributed by atoms with Crippen LogP contribution in [-0.4, -0.2) is 15.5 Å². The van der Waals surface area contributed by atoms with Gasteiger partial charge in [0.05, 0.1) is 17.6 Å². The lowest BCUT2D eigenvalue weighted by Crippen LogP contribution is -2.17. The van der Waals surface area contributed by atoms with Crippen LogP contribution in [0.3, 0.4) is 0 Å². The highest BCUT2D eigenvalue weighted by molar-refractivity contribution is 6.03. The van der Waals surface area contributed by atoms with Crippen molar-refractivity contribution in [3.63, 3.8) is 0 Å². The monoisotopic (exact) mass is 258 g/mol. The SMILES string of the molecule is Cc1ccc(NC(=O)c2cc(N)cn2C(C)C)cn1. The van der Waals surface area contributed by atoms with Gasteiger partial charge in [-0.3, -0.25) is 9.78 Å². The maximum atomic E-state index is 12.2. The molecule has 0 radical (unpaired) electrons. The summed E-state index contributed by atoms with van der Waals surface area (Å²) in [6.07, 6.45) is 3.41. The molecular formula is C14H18N4O. The fraction of sp³-hybridized carbons (Fsp3) is 0.286. The molecule has 0 aliphatic rings. The normalized spacial score (nSPS) is 10.7. The Hall–Kier alpha value is -2.30. The van der Waals surface area contributed by atoms with Gasteiger partial charge in [0.2, 0.25) is 0 Å². The number of carbonyl (C=O) groups is 1. The summed E-state index contributed by atoms with van der Waals surface area (Å²) in [6.45, 7) is 5.91. The van der Waals surface area contributed by atoms with E-state index in [9.17, 15) is 4.79 Å². The molecule has 0 saturated carbocycles. The van der Waals surface area contributed by atoms with E-state index in [2.05, 4.69) is 10.3 Å². The van der Waals surface area contributed by atoms with Crippen LogP contribution in [0, 0.1) is 6.92 Å². The first kappa shape index (κ1) is 13.1. The number of hydrogen-bond acceptors (Lipinski definition) is 3. The third-order valence-corrected chi connectivity index (χ3v) is 2.83. The molecule has 0 aliphatic carbocycles. The van der Waals surface area contributed by atoms with Crippen LogP contribution in [0.4, 0.5) is 11.4 Å². The van der Waals surface area contributed by atoms with Crippen molar-refractivity contribution in [1.82, 2.24) is 9.55 Å². The molecule has 0 fully saturated rings. The Bertz CT molecular complexity index is 584. The molecule has 0 spiro atoms. The van der Waals surface area contributed by atoms with E-state index < -0.39 is 0 Å². The summed E-state index contributed by atoms with van der Waals surface area (Å²) in [5, 5.41) is 2.82. The van der Waals surface area contributed by atoms with Crippen molar-refractivity contribution >= 4 is 17.3 Å². The van der Waals surface area contributed by atoms with E-state index in [4.69, 9.17) is 5.73 Å². The highest BCUT2D eigenvalue weighted by Gasteiger charge is 2.14. The number of hydrogen-bond donors (Lipinski definition) is 2. The molecule has 0 unspecified atom stereocenters. The molecule has 1 amide bonds. The number of nitrogen functional groups attached to an aromatic ring is 1. The topological polar surface area (TPSA) is 72.9 Å². The molecule has 2 aromatic heterocycles. The van der Waals surface area contributed by atoms with E-state index in [0.717, 1.165) is 5.69 Å². The third-order valence-electron chi connectivity index (χ3n) is 2.83. The lowest BCUT2D eigenvalue weighted by molar-refractivity contribution is 0.101. The van der Waals surface area contributed by atoms with Crippen molar-refractivity contribution in [2.75, 3.05) is 11.1 Å². The van der Waals surface area contributed by atoms with Crippen molar-refractivity contribution in [1.29, 1.82) is 0 Å². The van der Waals surface area contributed by atoms with Crippen molar-refractivity contribution in [2.45, 2.75) is 26.8 Å². The van der Waals surface area contributed by atoms with Crippen molar-refractivity contribution < 1.29 is 4.79 Å². The quantitative estimate of drug-likeness (QED) is 0.888. The number of nitrogens with one attached hydrogen (secondary N) is 1. The molecule has 5 heteroatoms. The van der Waals surface area contributed by atoms with Gasteiger partial charge in [-0.1, -0.05) is 0 Å². The predicted molar refractivity (Wildman–Crippen MR) is 76.2 cm³/mol. The van der Waals surface area contributed by atoms with E-state index in [-0.39, 0.29) is 11.9 Å².